The summed E-state index contributed by atoms with van der Waals surface area (Å²) in [6.45, 7) is 0. The molecule has 2 fully saturated rings. The van der Waals surface area contributed by atoms with E-state index in [0.29, 0.717) is 10.9 Å². The molecule has 0 bridgehead atoms. The van der Waals surface area contributed by atoms with Crippen molar-refractivity contribution in [3.05, 3.63) is 34.6 Å². The van der Waals surface area contributed by atoms with E-state index >= 15 is 0 Å². The molecule has 0 spiro atoms. The van der Waals surface area contributed by atoms with Crippen molar-refractivity contribution >= 4 is 11.6 Å². The van der Waals surface area contributed by atoms with E-state index < -0.39 is 0 Å². The lowest BCUT2D eigenvalue weighted by Crippen LogP contribution is -2.36. The number of hydrogen-bond acceptors (Lipinski definition) is 1. The molecule has 2 saturated carbocycles. The van der Waals surface area contributed by atoms with E-state index in [-0.39, 0.29) is 11.4 Å². The third kappa shape index (κ3) is 3.83. The predicted molar refractivity (Wildman–Crippen MR) is 90.7 cm³/mol. The minimum atomic E-state index is -0.243. The largest absolute Gasteiger partial charge is 0.325 e. The molecular formula is C19H27ClFN. The smallest absolute Gasteiger partial charge is 0.124 e. The molecule has 2 aliphatic rings. The van der Waals surface area contributed by atoms with Crippen LogP contribution in [0.25, 0.3) is 0 Å². The number of nitrogens with two attached hydrogens (primary N) is 1. The molecule has 2 N–H and O–H groups in total. The number of hydrogen-bond donors (Lipinski definition) is 1. The van der Waals surface area contributed by atoms with Crippen LogP contribution in [-0.2, 0) is 0 Å². The first-order valence-corrected chi connectivity index (χ1v) is 9.17. The molecule has 0 amide bonds. The Morgan fingerprint density at radius 3 is 2.45 bits per heavy atom. The molecule has 0 radical (unpaired) electrons. The molecule has 0 heterocycles. The van der Waals surface area contributed by atoms with E-state index in [4.69, 9.17) is 17.3 Å². The Bertz CT molecular complexity index is 502. The predicted octanol–water partition coefficient (Wildman–Crippen LogP) is 5.80. The van der Waals surface area contributed by atoms with Gasteiger partial charge < -0.3 is 5.73 Å². The van der Waals surface area contributed by atoms with Gasteiger partial charge in [0.15, 0.2) is 0 Å². The Balaban J connectivity index is 1.50. The summed E-state index contributed by atoms with van der Waals surface area (Å²) in [5.41, 5.74) is 7.74. The molecule has 3 heteroatoms. The fourth-order valence-electron chi connectivity index (χ4n) is 4.42. The molecule has 0 atom stereocenters. The van der Waals surface area contributed by atoms with Gasteiger partial charge in [0, 0.05) is 10.6 Å². The Kier molecular flexibility index (Phi) is 5.09. The van der Waals surface area contributed by atoms with Gasteiger partial charge >= 0.3 is 0 Å². The van der Waals surface area contributed by atoms with E-state index in [9.17, 15) is 4.39 Å². The van der Waals surface area contributed by atoms with Crippen molar-refractivity contribution in [2.45, 2.75) is 75.7 Å². The minimum absolute atomic E-state index is 0.136. The van der Waals surface area contributed by atoms with Gasteiger partial charge in [-0.2, -0.15) is 0 Å². The van der Waals surface area contributed by atoms with Gasteiger partial charge in [-0.1, -0.05) is 30.5 Å². The maximum absolute atomic E-state index is 13.2. The van der Waals surface area contributed by atoms with Crippen molar-refractivity contribution < 1.29 is 4.39 Å². The van der Waals surface area contributed by atoms with Crippen LogP contribution >= 0.6 is 11.6 Å². The second-order valence-corrected chi connectivity index (χ2v) is 7.90. The zero-order valence-electron chi connectivity index (χ0n) is 13.3. The van der Waals surface area contributed by atoms with Gasteiger partial charge in [0.2, 0.25) is 0 Å². The van der Waals surface area contributed by atoms with Crippen molar-refractivity contribution in [1.82, 2.24) is 0 Å². The average molecular weight is 324 g/mol. The standard InChI is InChI=1S/C19H27ClFN/c20-18-13-16(21)7-8-17(18)15-5-3-14(4-6-15)9-12-19(22)10-1-2-11-19/h7-8,13-15H,1-6,9-12,22H2. The normalized spacial score (nSPS) is 28.0. The highest BCUT2D eigenvalue weighted by Gasteiger charge is 2.31. The van der Waals surface area contributed by atoms with Crippen LogP contribution in [0.1, 0.15) is 75.7 Å². The minimum Gasteiger partial charge on any atom is -0.325 e. The van der Waals surface area contributed by atoms with E-state index in [0.717, 1.165) is 11.5 Å². The van der Waals surface area contributed by atoms with Gasteiger partial charge in [-0.25, -0.2) is 4.39 Å². The molecule has 0 saturated heterocycles. The molecule has 1 aromatic rings. The Morgan fingerprint density at radius 2 is 1.82 bits per heavy atom. The van der Waals surface area contributed by atoms with Crippen LogP contribution in [0.4, 0.5) is 4.39 Å². The van der Waals surface area contributed by atoms with Gasteiger partial charge in [-0.15, -0.1) is 0 Å². The lowest BCUT2D eigenvalue weighted by atomic mass is 9.75. The number of rotatable bonds is 4. The van der Waals surface area contributed by atoms with Crippen molar-refractivity contribution in [2.24, 2.45) is 11.7 Å². The maximum Gasteiger partial charge on any atom is 0.124 e. The third-order valence-corrected chi connectivity index (χ3v) is 6.23. The summed E-state index contributed by atoms with van der Waals surface area (Å²) in [7, 11) is 0. The molecule has 22 heavy (non-hydrogen) atoms. The molecule has 1 aromatic carbocycles. The van der Waals surface area contributed by atoms with Crippen LogP contribution in [0.5, 0.6) is 0 Å². The first-order valence-electron chi connectivity index (χ1n) is 8.80. The van der Waals surface area contributed by atoms with Gasteiger partial charge in [0.25, 0.3) is 0 Å². The monoisotopic (exact) mass is 323 g/mol. The summed E-state index contributed by atoms with van der Waals surface area (Å²) in [4.78, 5) is 0. The highest BCUT2D eigenvalue weighted by atomic mass is 35.5. The van der Waals surface area contributed by atoms with Crippen LogP contribution in [0.3, 0.4) is 0 Å². The Hall–Kier alpha value is -0.600. The van der Waals surface area contributed by atoms with Gasteiger partial charge in [-0.05, 0) is 80.9 Å². The summed E-state index contributed by atoms with van der Waals surface area (Å²) in [6, 6.07) is 4.85. The maximum atomic E-state index is 13.2. The molecule has 3 rings (SSSR count). The van der Waals surface area contributed by atoms with Gasteiger partial charge in [0.1, 0.15) is 5.82 Å². The van der Waals surface area contributed by atoms with Crippen LogP contribution < -0.4 is 5.73 Å². The lowest BCUT2D eigenvalue weighted by Gasteiger charge is -2.32. The molecule has 0 unspecified atom stereocenters. The second kappa shape index (κ2) is 6.88. The lowest BCUT2D eigenvalue weighted by molar-refractivity contribution is 0.272. The fraction of sp³-hybridized carbons (Fsp3) is 0.684. The van der Waals surface area contributed by atoms with Crippen molar-refractivity contribution in [2.75, 3.05) is 0 Å². The quantitative estimate of drug-likeness (QED) is 0.744. The first kappa shape index (κ1) is 16.3. The fourth-order valence-corrected chi connectivity index (χ4v) is 4.74. The summed E-state index contributed by atoms with van der Waals surface area (Å²) < 4.78 is 13.2. The van der Waals surface area contributed by atoms with Crippen molar-refractivity contribution in [3.63, 3.8) is 0 Å². The SMILES string of the molecule is NC1(CCC2CCC(c3ccc(F)cc3Cl)CC2)CCCC1. The summed E-state index contributed by atoms with van der Waals surface area (Å²) in [6.07, 6.45) is 12.4. The summed E-state index contributed by atoms with van der Waals surface area (Å²) in [5.74, 6) is 1.08. The summed E-state index contributed by atoms with van der Waals surface area (Å²) in [5, 5.41) is 0.593. The van der Waals surface area contributed by atoms with Crippen molar-refractivity contribution in [3.8, 4) is 0 Å². The van der Waals surface area contributed by atoms with Gasteiger partial charge in [0.05, 0.1) is 0 Å². The van der Waals surface area contributed by atoms with Crippen LogP contribution in [0, 0.1) is 11.7 Å². The molecule has 0 aliphatic heterocycles. The molecule has 122 valence electrons. The number of halogens is 2. The van der Waals surface area contributed by atoms with E-state index in [1.54, 1.807) is 0 Å². The van der Waals surface area contributed by atoms with Crippen LogP contribution in [0.2, 0.25) is 5.02 Å². The number of benzene rings is 1. The van der Waals surface area contributed by atoms with Crippen molar-refractivity contribution in [1.29, 1.82) is 0 Å². The van der Waals surface area contributed by atoms with E-state index in [1.165, 1.54) is 76.3 Å². The Morgan fingerprint density at radius 1 is 1.14 bits per heavy atom. The summed E-state index contributed by atoms with van der Waals surface area (Å²) >= 11 is 6.21. The third-order valence-electron chi connectivity index (χ3n) is 5.90. The first-order chi connectivity index (χ1) is 10.6. The van der Waals surface area contributed by atoms with Gasteiger partial charge in [-0.3, -0.25) is 0 Å². The molecular weight excluding hydrogens is 297 g/mol. The molecule has 2 aliphatic carbocycles. The van der Waals surface area contributed by atoms with Crippen LogP contribution in [0.15, 0.2) is 18.2 Å². The zero-order chi connectivity index (χ0) is 15.6. The molecule has 0 aromatic heterocycles. The second-order valence-electron chi connectivity index (χ2n) is 7.49. The van der Waals surface area contributed by atoms with Crippen LogP contribution in [-0.4, -0.2) is 5.54 Å². The highest BCUT2D eigenvalue weighted by Crippen LogP contribution is 2.41. The molecule has 1 nitrogen and oxygen atoms in total. The Labute approximate surface area is 138 Å². The topological polar surface area (TPSA) is 26.0 Å². The van der Waals surface area contributed by atoms with E-state index in [1.807, 2.05) is 6.07 Å². The highest BCUT2D eigenvalue weighted by molar-refractivity contribution is 6.31. The zero-order valence-corrected chi connectivity index (χ0v) is 14.0. The average Bonchev–Trinajstić information content (AvgIpc) is 2.93. The van der Waals surface area contributed by atoms with E-state index in [2.05, 4.69) is 0 Å².